The van der Waals surface area contributed by atoms with Crippen LogP contribution >= 0.6 is 11.8 Å². The summed E-state index contributed by atoms with van der Waals surface area (Å²) in [5.74, 6) is 1.70. The minimum atomic E-state index is -0.500. The monoisotopic (exact) mass is 457 g/mol. The van der Waals surface area contributed by atoms with Gasteiger partial charge in [-0.2, -0.15) is 0 Å². The minimum absolute atomic E-state index is 0.0687. The second kappa shape index (κ2) is 10.1. The Morgan fingerprint density at radius 3 is 2.72 bits per heavy atom. The zero-order chi connectivity index (χ0) is 23.3. The standard InChI is InChI=1S/C21H23N5O5S/c1-13-8-9-15(26(28)29)10-18(13)22-19(27)12-32-21-24-23-20(25(21)3)14(2)31-17-7-5-6-16(11-17)30-4/h5-11,14H,12H2,1-4H3,(H,22,27). The highest BCUT2D eigenvalue weighted by molar-refractivity contribution is 7.99. The normalized spacial score (nSPS) is 11.6. The van der Waals surface area contributed by atoms with Gasteiger partial charge in [0.1, 0.15) is 11.5 Å². The first-order valence-electron chi connectivity index (χ1n) is 9.66. The van der Waals surface area contributed by atoms with Crippen molar-refractivity contribution in [3.8, 4) is 11.5 Å². The van der Waals surface area contributed by atoms with E-state index < -0.39 is 4.92 Å². The number of ether oxygens (including phenoxy) is 2. The number of non-ortho nitro benzene ring substituents is 1. The molecule has 0 spiro atoms. The fourth-order valence-corrected chi connectivity index (χ4v) is 3.63. The maximum atomic E-state index is 12.4. The Labute approximate surface area is 189 Å². The maximum Gasteiger partial charge on any atom is 0.271 e. The molecular formula is C21H23N5O5S. The third kappa shape index (κ3) is 5.55. The van der Waals surface area contributed by atoms with E-state index in [9.17, 15) is 14.9 Å². The Balaban J connectivity index is 1.61. The summed E-state index contributed by atoms with van der Waals surface area (Å²) in [5.41, 5.74) is 1.06. The molecule has 0 saturated carbocycles. The Bertz CT molecular complexity index is 1130. The summed E-state index contributed by atoms with van der Waals surface area (Å²) in [6, 6.07) is 11.6. The summed E-state index contributed by atoms with van der Waals surface area (Å²) < 4.78 is 12.9. The highest BCUT2D eigenvalue weighted by atomic mass is 32.2. The first kappa shape index (κ1) is 23.1. The fourth-order valence-electron chi connectivity index (χ4n) is 2.91. The van der Waals surface area contributed by atoms with Crippen molar-refractivity contribution in [2.45, 2.75) is 25.1 Å². The lowest BCUT2D eigenvalue weighted by Crippen LogP contribution is -2.15. The van der Waals surface area contributed by atoms with Gasteiger partial charge in [-0.25, -0.2) is 0 Å². The van der Waals surface area contributed by atoms with Crippen molar-refractivity contribution < 1.29 is 19.2 Å². The molecule has 0 aliphatic rings. The second-order valence-corrected chi connectivity index (χ2v) is 7.87. The van der Waals surface area contributed by atoms with E-state index in [1.807, 2.05) is 25.1 Å². The first-order valence-corrected chi connectivity index (χ1v) is 10.6. The number of carbonyl (C=O) groups excluding carboxylic acids is 1. The molecule has 2 aromatic carbocycles. The van der Waals surface area contributed by atoms with Crippen molar-refractivity contribution in [1.29, 1.82) is 0 Å². The Morgan fingerprint density at radius 1 is 1.25 bits per heavy atom. The number of benzene rings is 2. The van der Waals surface area contributed by atoms with Crippen molar-refractivity contribution >= 4 is 29.0 Å². The largest absolute Gasteiger partial charge is 0.497 e. The predicted molar refractivity (Wildman–Crippen MR) is 120 cm³/mol. The number of rotatable bonds is 9. The number of nitro benzene ring substituents is 1. The van der Waals surface area contributed by atoms with Gasteiger partial charge in [0.15, 0.2) is 17.1 Å². The van der Waals surface area contributed by atoms with Crippen LogP contribution in [-0.4, -0.2) is 38.5 Å². The quantitative estimate of drug-likeness (QED) is 0.292. The van der Waals surface area contributed by atoms with Gasteiger partial charge >= 0.3 is 0 Å². The second-order valence-electron chi connectivity index (χ2n) is 6.93. The number of hydrogen-bond acceptors (Lipinski definition) is 8. The lowest BCUT2D eigenvalue weighted by Gasteiger charge is -2.14. The smallest absolute Gasteiger partial charge is 0.271 e. The van der Waals surface area contributed by atoms with Gasteiger partial charge in [0.25, 0.3) is 5.69 Å². The molecule has 11 heteroatoms. The van der Waals surface area contributed by atoms with Gasteiger partial charge in [-0.3, -0.25) is 14.9 Å². The molecule has 1 N–H and O–H groups in total. The van der Waals surface area contributed by atoms with E-state index in [1.54, 1.807) is 37.8 Å². The number of nitrogens with zero attached hydrogens (tertiary/aromatic N) is 4. The van der Waals surface area contributed by atoms with Crippen molar-refractivity contribution in [2.75, 3.05) is 18.2 Å². The number of anilines is 1. The Morgan fingerprint density at radius 2 is 2.00 bits per heavy atom. The zero-order valence-corrected chi connectivity index (χ0v) is 18.9. The van der Waals surface area contributed by atoms with Crippen LogP contribution in [0.2, 0.25) is 0 Å². The van der Waals surface area contributed by atoms with Gasteiger partial charge in [-0.05, 0) is 31.5 Å². The van der Waals surface area contributed by atoms with Crippen LogP contribution in [0, 0.1) is 17.0 Å². The third-order valence-electron chi connectivity index (χ3n) is 4.62. The van der Waals surface area contributed by atoms with Crippen molar-refractivity contribution in [3.05, 3.63) is 64.0 Å². The van der Waals surface area contributed by atoms with Gasteiger partial charge in [0, 0.05) is 25.2 Å². The molecule has 0 aliphatic carbocycles. The molecule has 1 amide bonds. The molecule has 1 heterocycles. The van der Waals surface area contributed by atoms with Crippen LogP contribution in [0.5, 0.6) is 11.5 Å². The molecular weight excluding hydrogens is 434 g/mol. The predicted octanol–water partition coefficient (Wildman–Crippen LogP) is 3.91. The summed E-state index contributed by atoms with van der Waals surface area (Å²) >= 11 is 1.21. The highest BCUT2D eigenvalue weighted by Gasteiger charge is 2.19. The van der Waals surface area contributed by atoms with Gasteiger partial charge in [-0.15, -0.1) is 10.2 Å². The Kier molecular flexibility index (Phi) is 7.31. The molecule has 1 atom stereocenters. The fraction of sp³-hybridized carbons (Fsp3) is 0.286. The number of aryl methyl sites for hydroxylation is 1. The van der Waals surface area contributed by atoms with Gasteiger partial charge in [0.2, 0.25) is 5.91 Å². The van der Waals surface area contributed by atoms with Crippen LogP contribution in [0.1, 0.15) is 24.4 Å². The lowest BCUT2D eigenvalue weighted by molar-refractivity contribution is -0.384. The highest BCUT2D eigenvalue weighted by Crippen LogP contribution is 2.26. The minimum Gasteiger partial charge on any atom is -0.497 e. The summed E-state index contributed by atoms with van der Waals surface area (Å²) in [7, 11) is 3.39. The zero-order valence-electron chi connectivity index (χ0n) is 18.1. The van der Waals surface area contributed by atoms with Crippen LogP contribution in [0.15, 0.2) is 47.6 Å². The average Bonchev–Trinajstić information content (AvgIpc) is 3.14. The van der Waals surface area contributed by atoms with E-state index in [4.69, 9.17) is 9.47 Å². The molecule has 3 rings (SSSR count). The van der Waals surface area contributed by atoms with E-state index in [2.05, 4.69) is 15.5 Å². The van der Waals surface area contributed by atoms with Crippen LogP contribution < -0.4 is 14.8 Å². The van der Waals surface area contributed by atoms with E-state index in [0.717, 1.165) is 5.56 Å². The topological polar surface area (TPSA) is 121 Å². The number of hydrogen-bond donors (Lipinski definition) is 1. The molecule has 1 unspecified atom stereocenters. The number of carbonyl (C=O) groups is 1. The average molecular weight is 458 g/mol. The lowest BCUT2D eigenvalue weighted by atomic mass is 10.2. The van der Waals surface area contributed by atoms with Crippen LogP contribution in [0.3, 0.4) is 0 Å². The SMILES string of the molecule is COc1cccc(OC(C)c2nnc(SCC(=O)Nc3cc([N+](=O)[O-])ccc3C)n2C)c1. The van der Waals surface area contributed by atoms with Gasteiger partial charge in [-0.1, -0.05) is 23.9 Å². The van der Waals surface area contributed by atoms with Gasteiger partial charge in [0.05, 0.1) is 23.5 Å². The molecule has 0 saturated heterocycles. The number of nitro groups is 1. The molecule has 1 aromatic heterocycles. The summed E-state index contributed by atoms with van der Waals surface area (Å²) in [6.45, 7) is 3.63. The van der Waals surface area contributed by atoms with E-state index in [1.165, 1.54) is 23.9 Å². The molecule has 10 nitrogen and oxygen atoms in total. The van der Waals surface area contributed by atoms with E-state index in [0.29, 0.717) is 28.2 Å². The van der Waals surface area contributed by atoms with Crippen molar-refractivity contribution in [3.63, 3.8) is 0 Å². The van der Waals surface area contributed by atoms with Crippen LogP contribution in [0.25, 0.3) is 0 Å². The van der Waals surface area contributed by atoms with Crippen molar-refractivity contribution in [1.82, 2.24) is 14.8 Å². The molecule has 32 heavy (non-hydrogen) atoms. The van der Waals surface area contributed by atoms with E-state index >= 15 is 0 Å². The van der Waals surface area contributed by atoms with Crippen LogP contribution in [0.4, 0.5) is 11.4 Å². The first-order chi connectivity index (χ1) is 15.3. The molecule has 0 bridgehead atoms. The number of aromatic nitrogens is 3. The number of thioether (sulfide) groups is 1. The number of amides is 1. The Hall–Kier alpha value is -3.60. The molecule has 0 radical (unpaired) electrons. The molecule has 168 valence electrons. The van der Waals surface area contributed by atoms with Crippen molar-refractivity contribution in [2.24, 2.45) is 7.05 Å². The summed E-state index contributed by atoms with van der Waals surface area (Å²) in [6.07, 6.45) is -0.379. The number of methoxy groups -OCH3 is 1. The van der Waals surface area contributed by atoms with Crippen LogP contribution in [-0.2, 0) is 11.8 Å². The molecule has 0 fully saturated rings. The number of nitrogens with one attached hydrogen (secondary N) is 1. The molecule has 3 aromatic rings. The van der Waals surface area contributed by atoms with Gasteiger partial charge < -0.3 is 19.4 Å². The maximum absolute atomic E-state index is 12.4. The third-order valence-corrected chi connectivity index (χ3v) is 5.64. The molecule has 0 aliphatic heterocycles. The van der Waals surface area contributed by atoms with E-state index in [-0.39, 0.29) is 23.5 Å². The summed E-state index contributed by atoms with van der Waals surface area (Å²) in [5, 5.41) is 22.6. The summed E-state index contributed by atoms with van der Waals surface area (Å²) in [4.78, 5) is 22.8.